The van der Waals surface area contributed by atoms with Gasteiger partial charge in [-0.1, -0.05) is 39.7 Å². The number of nitrogens with zero attached hydrogens (tertiary/aromatic N) is 3. The summed E-state index contributed by atoms with van der Waals surface area (Å²) < 4.78 is 3.44. The molecule has 0 bridgehead atoms. The first kappa shape index (κ1) is 23.8. The average Bonchev–Trinajstić information content (AvgIpc) is 3.30. The molecular weight excluding hydrogens is 516 g/mol. The molecule has 0 amide bonds. The van der Waals surface area contributed by atoms with Crippen molar-refractivity contribution in [3.8, 4) is 5.69 Å². The quantitative estimate of drug-likeness (QED) is 0.272. The van der Waals surface area contributed by atoms with Crippen LogP contribution < -0.4 is 10.2 Å². The second kappa shape index (κ2) is 9.25. The molecule has 1 aliphatic heterocycles. The second-order valence-electron chi connectivity index (χ2n) is 9.38. The molecule has 2 aromatic carbocycles. The molecular formula is C29H29BrN4S. The fraction of sp³-hybridized carbons (Fsp3) is 0.241. The van der Waals surface area contributed by atoms with Gasteiger partial charge in [-0.3, -0.25) is 4.98 Å². The Labute approximate surface area is 221 Å². The molecule has 0 radical (unpaired) electrons. The van der Waals surface area contributed by atoms with Crippen LogP contribution >= 0.6 is 28.1 Å². The number of pyridine rings is 1. The number of hydrogen-bond donors (Lipinski definition) is 1. The van der Waals surface area contributed by atoms with E-state index in [9.17, 15) is 0 Å². The van der Waals surface area contributed by atoms with E-state index in [-0.39, 0.29) is 12.1 Å². The van der Waals surface area contributed by atoms with Gasteiger partial charge in [-0.15, -0.1) is 0 Å². The van der Waals surface area contributed by atoms with Crippen LogP contribution in [-0.4, -0.2) is 14.7 Å². The van der Waals surface area contributed by atoms with Gasteiger partial charge in [-0.25, -0.2) is 0 Å². The molecule has 0 spiro atoms. The van der Waals surface area contributed by atoms with Crippen LogP contribution in [0, 0.1) is 34.6 Å². The molecule has 35 heavy (non-hydrogen) atoms. The lowest BCUT2D eigenvalue weighted by molar-refractivity contribution is 0.565. The van der Waals surface area contributed by atoms with Gasteiger partial charge in [0.1, 0.15) is 0 Å². The van der Waals surface area contributed by atoms with Crippen LogP contribution in [0.2, 0.25) is 0 Å². The van der Waals surface area contributed by atoms with Gasteiger partial charge in [0, 0.05) is 27.7 Å². The van der Waals surface area contributed by atoms with Gasteiger partial charge in [-0.2, -0.15) is 0 Å². The fourth-order valence-corrected chi connectivity index (χ4v) is 6.12. The van der Waals surface area contributed by atoms with Gasteiger partial charge in [0.25, 0.3) is 0 Å². The molecule has 2 atom stereocenters. The average molecular weight is 546 g/mol. The maximum atomic E-state index is 5.91. The van der Waals surface area contributed by atoms with E-state index in [4.69, 9.17) is 17.2 Å². The zero-order valence-corrected chi connectivity index (χ0v) is 23.0. The SMILES string of the molecule is Cc1cc(C)c(-n2c(C)cc([C@@H]3[C@H](c4ccccn4)NC(=S)N3c3ccc(Br)cc3)c2C)c(C)c1. The molecule has 178 valence electrons. The third kappa shape index (κ3) is 4.19. The minimum Gasteiger partial charge on any atom is -0.351 e. The molecule has 0 saturated carbocycles. The van der Waals surface area contributed by atoms with Crippen molar-refractivity contribution >= 4 is 38.9 Å². The molecule has 1 saturated heterocycles. The first-order valence-electron chi connectivity index (χ1n) is 11.8. The summed E-state index contributed by atoms with van der Waals surface area (Å²) in [5, 5.41) is 4.29. The van der Waals surface area contributed by atoms with E-state index in [1.54, 1.807) is 0 Å². The van der Waals surface area contributed by atoms with Gasteiger partial charge in [0.2, 0.25) is 0 Å². The van der Waals surface area contributed by atoms with Crippen LogP contribution in [-0.2, 0) is 0 Å². The monoisotopic (exact) mass is 544 g/mol. The first-order chi connectivity index (χ1) is 16.8. The molecule has 1 aliphatic rings. The minimum atomic E-state index is -0.0680. The lowest BCUT2D eigenvalue weighted by atomic mass is 9.96. The standard InChI is InChI=1S/C29H29BrN4S/c1-17-14-18(2)27(19(3)15-17)33-20(4)16-24(21(33)5)28-26(25-8-6-7-13-31-25)32-29(35)34(28)23-11-9-22(30)10-12-23/h6-16,26,28H,1-5H3,(H,32,35)/t26-,28+/m0/s1. The van der Waals surface area contributed by atoms with Crippen LogP contribution in [0.4, 0.5) is 5.69 Å². The number of hydrogen-bond acceptors (Lipinski definition) is 2. The Morgan fingerprint density at radius 2 is 1.60 bits per heavy atom. The molecule has 1 fully saturated rings. The Bertz CT molecular complexity index is 1390. The number of rotatable bonds is 4. The van der Waals surface area contributed by atoms with E-state index < -0.39 is 0 Å². The summed E-state index contributed by atoms with van der Waals surface area (Å²) in [5.41, 5.74) is 10.8. The number of aryl methyl sites for hydroxylation is 4. The number of nitrogens with one attached hydrogen (secondary N) is 1. The Morgan fingerprint density at radius 1 is 0.914 bits per heavy atom. The molecule has 5 rings (SSSR count). The van der Waals surface area contributed by atoms with Gasteiger partial charge in [-0.05, 0) is 106 Å². The van der Waals surface area contributed by atoms with E-state index in [0.717, 1.165) is 15.9 Å². The normalized spacial score (nSPS) is 17.7. The van der Waals surface area contributed by atoms with Crippen LogP contribution in [0.25, 0.3) is 5.69 Å². The predicted molar refractivity (Wildman–Crippen MR) is 152 cm³/mol. The summed E-state index contributed by atoms with van der Waals surface area (Å²) in [5.74, 6) is 0. The third-order valence-electron chi connectivity index (χ3n) is 6.85. The first-order valence-corrected chi connectivity index (χ1v) is 13.0. The number of anilines is 1. The Kier molecular flexibility index (Phi) is 6.28. The van der Waals surface area contributed by atoms with Crippen molar-refractivity contribution in [3.63, 3.8) is 0 Å². The van der Waals surface area contributed by atoms with Crippen molar-refractivity contribution < 1.29 is 0 Å². The van der Waals surface area contributed by atoms with Crippen molar-refractivity contribution in [2.24, 2.45) is 0 Å². The van der Waals surface area contributed by atoms with Crippen molar-refractivity contribution in [2.75, 3.05) is 4.90 Å². The summed E-state index contributed by atoms with van der Waals surface area (Å²) in [4.78, 5) is 6.94. The van der Waals surface area contributed by atoms with E-state index in [0.29, 0.717) is 5.11 Å². The fourth-order valence-electron chi connectivity index (χ4n) is 5.51. The van der Waals surface area contributed by atoms with E-state index in [1.807, 2.05) is 18.3 Å². The number of benzene rings is 2. The highest BCUT2D eigenvalue weighted by Crippen LogP contribution is 2.44. The number of aromatic nitrogens is 2. The number of halogens is 1. The maximum absolute atomic E-state index is 5.91. The maximum Gasteiger partial charge on any atom is 0.174 e. The van der Waals surface area contributed by atoms with Crippen LogP contribution in [0.15, 0.2) is 71.3 Å². The zero-order valence-electron chi connectivity index (χ0n) is 20.6. The summed E-state index contributed by atoms with van der Waals surface area (Å²) in [6.45, 7) is 11.0. The lowest BCUT2D eigenvalue weighted by Gasteiger charge is -2.28. The lowest BCUT2D eigenvalue weighted by Crippen LogP contribution is -2.29. The Hall–Kier alpha value is -2.96. The highest BCUT2D eigenvalue weighted by molar-refractivity contribution is 9.10. The summed E-state index contributed by atoms with van der Waals surface area (Å²) in [6, 6.07) is 21.1. The van der Waals surface area contributed by atoms with Crippen LogP contribution in [0.5, 0.6) is 0 Å². The topological polar surface area (TPSA) is 33.1 Å². The highest BCUT2D eigenvalue weighted by Gasteiger charge is 2.42. The molecule has 4 nitrogen and oxygen atoms in total. The van der Waals surface area contributed by atoms with E-state index >= 15 is 0 Å². The second-order valence-corrected chi connectivity index (χ2v) is 10.7. The molecule has 1 N–H and O–H groups in total. The zero-order chi connectivity index (χ0) is 24.9. The summed E-state index contributed by atoms with van der Waals surface area (Å²) in [6.07, 6.45) is 1.85. The Balaban J connectivity index is 1.71. The van der Waals surface area contributed by atoms with Crippen molar-refractivity contribution in [1.82, 2.24) is 14.9 Å². The highest BCUT2D eigenvalue weighted by atomic mass is 79.9. The Morgan fingerprint density at radius 3 is 2.23 bits per heavy atom. The molecule has 0 unspecified atom stereocenters. The van der Waals surface area contributed by atoms with Gasteiger partial charge in [0.15, 0.2) is 5.11 Å². The minimum absolute atomic E-state index is 0.0374. The largest absolute Gasteiger partial charge is 0.351 e. The van der Waals surface area contributed by atoms with Crippen LogP contribution in [0.3, 0.4) is 0 Å². The smallest absolute Gasteiger partial charge is 0.174 e. The summed E-state index contributed by atoms with van der Waals surface area (Å²) >= 11 is 9.48. The molecule has 3 heterocycles. The molecule has 4 aromatic rings. The van der Waals surface area contributed by atoms with E-state index in [2.05, 4.69) is 114 Å². The third-order valence-corrected chi connectivity index (χ3v) is 7.69. The van der Waals surface area contributed by atoms with Crippen molar-refractivity contribution in [2.45, 2.75) is 46.7 Å². The van der Waals surface area contributed by atoms with Crippen LogP contribution in [0.1, 0.15) is 51.4 Å². The van der Waals surface area contributed by atoms with Crippen molar-refractivity contribution in [1.29, 1.82) is 0 Å². The van der Waals surface area contributed by atoms with E-state index in [1.165, 1.54) is 39.3 Å². The number of thiocarbonyl (C=S) groups is 1. The van der Waals surface area contributed by atoms with Gasteiger partial charge in [0.05, 0.1) is 23.5 Å². The van der Waals surface area contributed by atoms with Gasteiger partial charge >= 0.3 is 0 Å². The molecule has 2 aromatic heterocycles. The molecule has 0 aliphatic carbocycles. The molecule has 6 heteroatoms. The van der Waals surface area contributed by atoms with Gasteiger partial charge < -0.3 is 14.8 Å². The predicted octanol–water partition coefficient (Wildman–Crippen LogP) is 7.35. The van der Waals surface area contributed by atoms with Crippen molar-refractivity contribution in [3.05, 3.63) is 111 Å². The summed E-state index contributed by atoms with van der Waals surface area (Å²) in [7, 11) is 0.